The second kappa shape index (κ2) is 5.28. The third kappa shape index (κ3) is 3.74. The van der Waals surface area contributed by atoms with E-state index in [9.17, 15) is 19.2 Å². The molecular formula is C9H12N2O6. The summed E-state index contributed by atoms with van der Waals surface area (Å²) in [6.07, 6.45) is -0.222. The maximum Gasteiger partial charge on any atom is 0.326 e. The molecule has 0 saturated carbocycles. The van der Waals surface area contributed by atoms with Crippen molar-refractivity contribution in [3.63, 3.8) is 0 Å². The van der Waals surface area contributed by atoms with Gasteiger partial charge in [0.05, 0.1) is 6.42 Å². The van der Waals surface area contributed by atoms with Gasteiger partial charge >= 0.3 is 11.9 Å². The molecule has 0 radical (unpaired) electrons. The van der Waals surface area contributed by atoms with E-state index in [1.807, 2.05) is 0 Å². The third-order valence-corrected chi connectivity index (χ3v) is 2.31. The third-order valence-electron chi connectivity index (χ3n) is 2.31. The Kier molecular flexibility index (Phi) is 4.02. The smallest absolute Gasteiger partial charge is 0.326 e. The van der Waals surface area contributed by atoms with E-state index in [4.69, 9.17) is 10.2 Å². The fourth-order valence-corrected chi connectivity index (χ4v) is 1.46. The molecule has 0 spiro atoms. The number of aliphatic carboxylic acids is 2. The second-order valence-electron chi connectivity index (χ2n) is 3.66. The Labute approximate surface area is 96.0 Å². The molecule has 94 valence electrons. The largest absolute Gasteiger partial charge is 0.481 e. The molecule has 4 N–H and O–H groups in total. The quantitative estimate of drug-likeness (QED) is 0.456. The van der Waals surface area contributed by atoms with Crippen molar-refractivity contribution >= 4 is 23.8 Å². The number of amides is 2. The van der Waals surface area contributed by atoms with Crippen LogP contribution >= 0.6 is 0 Å². The van der Waals surface area contributed by atoms with Gasteiger partial charge in [-0.3, -0.25) is 14.4 Å². The van der Waals surface area contributed by atoms with Gasteiger partial charge in [-0.15, -0.1) is 0 Å². The van der Waals surface area contributed by atoms with Crippen LogP contribution in [0.1, 0.15) is 19.3 Å². The Balaban J connectivity index is 2.55. The summed E-state index contributed by atoms with van der Waals surface area (Å²) in [7, 11) is 0. The molecule has 1 aliphatic heterocycles. The van der Waals surface area contributed by atoms with Crippen LogP contribution in [0.3, 0.4) is 0 Å². The maximum absolute atomic E-state index is 11.5. The minimum atomic E-state index is -1.49. The first-order valence-electron chi connectivity index (χ1n) is 4.94. The molecule has 1 saturated heterocycles. The van der Waals surface area contributed by atoms with Gasteiger partial charge in [0.1, 0.15) is 12.1 Å². The molecule has 8 nitrogen and oxygen atoms in total. The number of carbonyl (C=O) groups is 4. The summed E-state index contributed by atoms with van der Waals surface area (Å²) in [5.41, 5.74) is 0. The van der Waals surface area contributed by atoms with Crippen molar-refractivity contribution in [2.45, 2.75) is 31.3 Å². The summed E-state index contributed by atoms with van der Waals surface area (Å²) in [6.45, 7) is 0. The van der Waals surface area contributed by atoms with Crippen molar-refractivity contribution in [2.75, 3.05) is 0 Å². The zero-order valence-electron chi connectivity index (χ0n) is 8.80. The SMILES string of the molecule is O=C(O)CC(NC(=O)[C@@H]1CCC(=O)N1)C(=O)O. The van der Waals surface area contributed by atoms with E-state index in [0.717, 1.165) is 0 Å². The number of hydrogen-bond donors (Lipinski definition) is 4. The number of carboxylic acid groups (broad SMARTS) is 2. The molecule has 1 rings (SSSR count). The van der Waals surface area contributed by atoms with E-state index in [0.29, 0.717) is 0 Å². The van der Waals surface area contributed by atoms with Crippen molar-refractivity contribution in [3.8, 4) is 0 Å². The highest BCUT2D eigenvalue weighted by atomic mass is 16.4. The number of nitrogens with one attached hydrogen (secondary N) is 2. The van der Waals surface area contributed by atoms with Crippen LogP contribution in [0, 0.1) is 0 Å². The lowest BCUT2D eigenvalue weighted by Gasteiger charge is -2.15. The van der Waals surface area contributed by atoms with Gasteiger partial charge in [0.15, 0.2) is 0 Å². The van der Waals surface area contributed by atoms with Crippen LogP contribution in [-0.4, -0.2) is 46.0 Å². The first-order valence-corrected chi connectivity index (χ1v) is 4.94. The zero-order chi connectivity index (χ0) is 13.0. The molecule has 1 fully saturated rings. The Morgan fingerprint density at radius 2 is 2.06 bits per heavy atom. The first-order chi connectivity index (χ1) is 7.90. The molecule has 1 heterocycles. The Morgan fingerprint density at radius 1 is 1.41 bits per heavy atom. The van der Waals surface area contributed by atoms with Crippen LogP contribution in [0.25, 0.3) is 0 Å². The lowest BCUT2D eigenvalue weighted by molar-refractivity contribution is -0.147. The summed E-state index contributed by atoms with van der Waals surface area (Å²) in [5, 5.41) is 21.6. The molecule has 8 heteroatoms. The first kappa shape index (κ1) is 12.9. The minimum Gasteiger partial charge on any atom is -0.481 e. The van der Waals surface area contributed by atoms with E-state index >= 15 is 0 Å². The fraction of sp³-hybridized carbons (Fsp3) is 0.556. The van der Waals surface area contributed by atoms with Gasteiger partial charge in [-0.1, -0.05) is 0 Å². The van der Waals surface area contributed by atoms with Gasteiger partial charge in [0, 0.05) is 6.42 Å². The Hall–Kier alpha value is -2.12. The number of carbonyl (C=O) groups excluding carboxylic acids is 2. The Bertz CT molecular complexity index is 366. The molecule has 0 aromatic heterocycles. The van der Waals surface area contributed by atoms with Crippen molar-refractivity contribution in [3.05, 3.63) is 0 Å². The van der Waals surface area contributed by atoms with Crippen molar-refractivity contribution < 1.29 is 29.4 Å². The van der Waals surface area contributed by atoms with Crippen LogP contribution in [0.15, 0.2) is 0 Å². The zero-order valence-corrected chi connectivity index (χ0v) is 8.80. The summed E-state index contributed by atoms with van der Waals surface area (Å²) in [6, 6.07) is -2.27. The summed E-state index contributed by atoms with van der Waals surface area (Å²) in [4.78, 5) is 43.4. The molecule has 0 aromatic rings. The molecule has 1 unspecified atom stereocenters. The molecule has 2 amide bonds. The van der Waals surface area contributed by atoms with E-state index in [-0.39, 0.29) is 18.7 Å². The van der Waals surface area contributed by atoms with Crippen LogP contribution in [0.4, 0.5) is 0 Å². The van der Waals surface area contributed by atoms with Gasteiger partial charge in [0.25, 0.3) is 0 Å². The van der Waals surface area contributed by atoms with Crippen molar-refractivity contribution in [2.24, 2.45) is 0 Å². The predicted octanol–water partition coefficient (Wildman–Crippen LogP) is -1.69. The van der Waals surface area contributed by atoms with Gasteiger partial charge in [-0.25, -0.2) is 4.79 Å². The Morgan fingerprint density at radius 3 is 2.47 bits per heavy atom. The lowest BCUT2D eigenvalue weighted by Crippen LogP contribution is -2.49. The molecule has 1 aliphatic rings. The van der Waals surface area contributed by atoms with Crippen LogP contribution in [-0.2, 0) is 19.2 Å². The standard InChI is InChI=1S/C9H12N2O6/c12-6-2-1-4(10-6)8(15)11-5(9(16)17)3-7(13)14/h4-5H,1-3H2,(H,10,12)(H,11,15)(H,13,14)(H,16,17)/t4-,5?/m0/s1. The minimum absolute atomic E-state index is 0.203. The van der Waals surface area contributed by atoms with E-state index < -0.39 is 36.4 Å². The topological polar surface area (TPSA) is 133 Å². The molecule has 17 heavy (non-hydrogen) atoms. The summed E-state index contributed by atoms with van der Waals surface area (Å²) >= 11 is 0. The number of rotatable bonds is 5. The maximum atomic E-state index is 11.5. The van der Waals surface area contributed by atoms with Crippen LogP contribution < -0.4 is 10.6 Å². The predicted molar refractivity (Wildman–Crippen MR) is 53.0 cm³/mol. The number of carboxylic acids is 2. The highest BCUT2D eigenvalue weighted by molar-refractivity contribution is 5.93. The summed E-state index contributed by atoms with van der Waals surface area (Å²) in [5.74, 6) is -3.71. The van der Waals surface area contributed by atoms with Gasteiger partial charge in [-0.05, 0) is 6.42 Å². The average molecular weight is 244 g/mol. The average Bonchev–Trinajstić information content (AvgIpc) is 2.63. The molecule has 2 atom stereocenters. The van der Waals surface area contributed by atoms with E-state index in [1.165, 1.54) is 0 Å². The molecule has 0 bridgehead atoms. The van der Waals surface area contributed by atoms with E-state index in [1.54, 1.807) is 0 Å². The molecular weight excluding hydrogens is 232 g/mol. The van der Waals surface area contributed by atoms with Crippen molar-refractivity contribution in [1.29, 1.82) is 0 Å². The molecule has 0 aliphatic carbocycles. The monoisotopic (exact) mass is 244 g/mol. The van der Waals surface area contributed by atoms with Gasteiger partial charge in [-0.2, -0.15) is 0 Å². The van der Waals surface area contributed by atoms with Crippen molar-refractivity contribution in [1.82, 2.24) is 10.6 Å². The summed E-state index contributed by atoms with van der Waals surface area (Å²) < 4.78 is 0. The van der Waals surface area contributed by atoms with Crippen LogP contribution in [0.5, 0.6) is 0 Å². The normalized spacial score (nSPS) is 20.5. The van der Waals surface area contributed by atoms with Gasteiger partial charge in [0.2, 0.25) is 11.8 Å². The van der Waals surface area contributed by atoms with E-state index in [2.05, 4.69) is 10.6 Å². The number of hydrogen-bond acceptors (Lipinski definition) is 4. The van der Waals surface area contributed by atoms with Gasteiger partial charge < -0.3 is 20.8 Å². The lowest BCUT2D eigenvalue weighted by atomic mass is 10.1. The highest BCUT2D eigenvalue weighted by Crippen LogP contribution is 2.07. The fourth-order valence-electron chi connectivity index (χ4n) is 1.46. The molecule has 0 aromatic carbocycles. The highest BCUT2D eigenvalue weighted by Gasteiger charge is 2.31. The van der Waals surface area contributed by atoms with Crippen LogP contribution in [0.2, 0.25) is 0 Å². The second-order valence-corrected chi connectivity index (χ2v) is 3.66.